The van der Waals surface area contributed by atoms with E-state index in [0.29, 0.717) is 17.1 Å². The van der Waals surface area contributed by atoms with Crippen LogP contribution in [0, 0.1) is 0 Å². The van der Waals surface area contributed by atoms with Crippen LogP contribution < -0.4 is 5.32 Å². The van der Waals surface area contributed by atoms with Crippen LogP contribution in [0.25, 0.3) is 21.3 Å². The number of hydrogen-bond donors (Lipinski definition) is 1. The fraction of sp³-hybridized carbons (Fsp3) is 0. The van der Waals surface area contributed by atoms with Crippen molar-refractivity contribution >= 4 is 33.8 Å². The third kappa shape index (κ3) is 2.49. The molecule has 0 spiro atoms. The molecule has 5 nitrogen and oxygen atoms in total. The number of nitrogens with zero attached hydrogens (tertiary/aromatic N) is 2. The van der Waals surface area contributed by atoms with Crippen molar-refractivity contribution in [2.75, 3.05) is 5.32 Å². The lowest BCUT2D eigenvalue weighted by Gasteiger charge is -2.06. The summed E-state index contributed by atoms with van der Waals surface area (Å²) in [6, 6.07) is 17.2. The summed E-state index contributed by atoms with van der Waals surface area (Å²) in [5.74, 6) is 0.0840. The minimum absolute atomic E-state index is 0.240. The molecule has 4 aromatic rings. The smallest absolute Gasteiger partial charge is 0.257 e. The number of rotatable bonds is 3. The number of thiophene rings is 1. The number of aromatic nitrogens is 2. The first-order valence-corrected chi connectivity index (χ1v) is 7.86. The number of anilines is 1. The van der Waals surface area contributed by atoms with Crippen molar-refractivity contribution in [1.29, 1.82) is 0 Å². The van der Waals surface area contributed by atoms with E-state index in [0.717, 1.165) is 15.6 Å². The molecular weight excluding hydrogens is 310 g/mol. The summed E-state index contributed by atoms with van der Waals surface area (Å²) in [4.78, 5) is 13.5. The Hall–Kier alpha value is -2.99. The predicted octanol–water partition coefficient (Wildman–Crippen LogP) is 4.20. The van der Waals surface area contributed by atoms with Crippen LogP contribution in [0.15, 0.2) is 64.6 Å². The highest BCUT2D eigenvalue weighted by Crippen LogP contribution is 2.29. The summed E-state index contributed by atoms with van der Waals surface area (Å²) in [5.41, 5.74) is 1.12. The van der Waals surface area contributed by atoms with E-state index in [1.165, 1.54) is 11.3 Å². The van der Waals surface area contributed by atoms with Gasteiger partial charge in [0.25, 0.3) is 5.91 Å². The van der Waals surface area contributed by atoms with Gasteiger partial charge in [0.15, 0.2) is 5.69 Å². The van der Waals surface area contributed by atoms with Gasteiger partial charge in [-0.05, 0) is 38.6 Å². The molecule has 0 unspecified atom stereocenters. The summed E-state index contributed by atoms with van der Waals surface area (Å²) >= 11 is 1.51. The lowest BCUT2D eigenvalue weighted by molar-refractivity contribution is 0.102. The van der Waals surface area contributed by atoms with E-state index in [1.54, 1.807) is 6.07 Å². The van der Waals surface area contributed by atoms with Gasteiger partial charge >= 0.3 is 0 Å². The maximum Gasteiger partial charge on any atom is 0.257 e. The minimum atomic E-state index is -0.240. The summed E-state index contributed by atoms with van der Waals surface area (Å²) in [7, 11) is 0. The largest absolute Gasteiger partial charge is 0.302 e. The van der Waals surface area contributed by atoms with Crippen LogP contribution in [-0.2, 0) is 0 Å². The lowest BCUT2D eigenvalue weighted by Crippen LogP contribution is -2.13. The van der Waals surface area contributed by atoms with Crippen molar-refractivity contribution < 1.29 is 9.42 Å². The van der Waals surface area contributed by atoms with Crippen molar-refractivity contribution in [2.45, 2.75) is 0 Å². The van der Waals surface area contributed by atoms with Gasteiger partial charge in [0.1, 0.15) is 0 Å². The molecule has 0 aliphatic rings. The number of fused-ring (bicyclic) bond motifs is 1. The molecule has 0 radical (unpaired) electrons. The summed E-state index contributed by atoms with van der Waals surface area (Å²) in [5, 5.41) is 14.3. The van der Waals surface area contributed by atoms with Gasteiger partial charge in [-0.15, -0.1) is 11.3 Å². The standard InChI is InChI=1S/C17H11N3O2S/c21-17(13-8-3-6-11-5-1-2-7-12(11)13)18-16-15(19-22-20-16)14-9-4-10-23-14/h1-10H,(H,18,20,21). The number of hydrogen-bond acceptors (Lipinski definition) is 5. The van der Waals surface area contributed by atoms with Crippen molar-refractivity contribution in [3.05, 3.63) is 65.5 Å². The van der Waals surface area contributed by atoms with E-state index < -0.39 is 0 Å². The Morgan fingerprint density at radius 1 is 1.00 bits per heavy atom. The normalized spacial score (nSPS) is 10.8. The van der Waals surface area contributed by atoms with Crippen molar-refractivity contribution in [2.24, 2.45) is 0 Å². The first kappa shape index (κ1) is 13.7. The number of nitrogens with one attached hydrogen (secondary N) is 1. The Morgan fingerprint density at radius 2 is 1.87 bits per heavy atom. The Balaban J connectivity index is 1.70. The van der Waals surface area contributed by atoms with Gasteiger partial charge in [0.05, 0.1) is 4.88 Å². The van der Waals surface area contributed by atoms with Crippen molar-refractivity contribution in [3.63, 3.8) is 0 Å². The van der Waals surface area contributed by atoms with Crippen LogP contribution in [0.4, 0.5) is 5.82 Å². The number of amides is 1. The molecule has 2 aromatic heterocycles. The summed E-state index contributed by atoms with van der Waals surface area (Å²) in [6.07, 6.45) is 0. The molecule has 23 heavy (non-hydrogen) atoms. The number of carbonyl (C=O) groups is 1. The first-order valence-electron chi connectivity index (χ1n) is 6.98. The Labute approximate surface area is 135 Å². The predicted molar refractivity (Wildman–Crippen MR) is 89.5 cm³/mol. The quantitative estimate of drug-likeness (QED) is 0.614. The Kier molecular flexibility index (Phi) is 3.36. The molecule has 1 N–H and O–H groups in total. The average Bonchev–Trinajstić information content (AvgIpc) is 3.25. The molecule has 0 atom stereocenters. The SMILES string of the molecule is O=C(Nc1nonc1-c1cccs1)c1cccc2ccccc12. The van der Waals surface area contributed by atoms with E-state index in [1.807, 2.05) is 53.9 Å². The van der Waals surface area contributed by atoms with Gasteiger partial charge in [0.2, 0.25) is 5.82 Å². The second-order valence-electron chi connectivity index (χ2n) is 4.92. The number of carbonyl (C=O) groups excluding carboxylic acids is 1. The van der Waals surface area contributed by atoms with Crippen LogP contribution in [0.2, 0.25) is 0 Å². The molecule has 0 aliphatic heterocycles. The summed E-state index contributed by atoms with van der Waals surface area (Å²) < 4.78 is 4.79. The van der Waals surface area contributed by atoms with Crippen molar-refractivity contribution in [3.8, 4) is 10.6 Å². The zero-order chi connectivity index (χ0) is 15.6. The molecule has 0 aliphatic carbocycles. The third-order valence-corrected chi connectivity index (χ3v) is 4.39. The molecule has 2 aromatic carbocycles. The van der Waals surface area contributed by atoms with Crippen LogP contribution in [0.1, 0.15) is 10.4 Å². The molecule has 1 amide bonds. The minimum Gasteiger partial charge on any atom is -0.302 e. The fourth-order valence-corrected chi connectivity index (χ4v) is 3.15. The molecule has 6 heteroatoms. The van der Waals surface area contributed by atoms with Gasteiger partial charge in [-0.3, -0.25) is 4.79 Å². The van der Waals surface area contributed by atoms with E-state index in [2.05, 4.69) is 15.6 Å². The fourth-order valence-electron chi connectivity index (χ4n) is 2.44. The van der Waals surface area contributed by atoms with E-state index in [9.17, 15) is 4.79 Å². The van der Waals surface area contributed by atoms with Gasteiger partial charge in [0, 0.05) is 5.56 Å². The van der Waals surface area contributed by atoms with Crippen LogP contribution >= 0.6 is 11.3 Å². The highest BCUT2D eigenvalue weighted by molar-refractivity contribution is 7.13. The highest BCUT2D eigenvalue weighted by Gasteiger charge is 2.17. The molecule has 0 saturated heterocycles. The van der Waals surface area contributed by atoms with Crippen molar-refractivity contribution in [1.82, 2.24) is 10.3 Å². The molecule has 0 saturated carbocycles. The maximum absolute atomic E-state index is 12.6. The summed E-state index contributed by atoms with van der Waals surface area (Å²) in [6.45, 7) is 0. The topological polar surface area (TPSA) is 68.0 Å². The Bertz CT molecular complexity index is 971. The van der Waals surface area contributed by atoms with E-state index in [4.69, 9.17) is 4.63 Å². The zero-order valence-electron chi connectivity index (χ0n) is 11.9. The molecule has 2 heterocycles. The maximum atomic E-state index is 12.6. The molecule has 4 rings (SSSR count). The second kappa shape index (κ2) is 5.66. The van der Waals surface area contributed by atoms with E-state index >= 15 is 0 Å². The average molecular weight is 321 g/mol. The number of benzene rings is 2. The monoisotopic (exact) mass is 321 g/mol. The van der Waals surface area contributed by atoms with Crippen LogP contribution in [0.5, 0.6) is 0 Å². The third-order valence-electron chi connectivity index (χ3n) is 3.51. The van der Waals surface area contributed by atoms with Crippen LogP contribution in [-0.4, -0.2) is 16.2 Å². The van der Waals surface area contributed by atoms with Gasteiger partial charge in [-0.25, -0.2) is 4.63 Å². The molecule has 0 bridgehead atoms. The first-order chi connectivity index (χ1) is 11.3. The van der Waals surface area contributed by atoms with E-state index in [-0.39, 0.29) is 5.91 Å². The van der Waals surface area contributed by atoms with Crippen LogP contribution in [0.3, 0.4) is 0 Å². The highest BCUT2D eigenvalue weighted by atomic mass is 32.1. The van der Waals surface area contributed by atoms with Gasteiger partial charge in [-0.1, -0.05) is 42.5 Å². The zero-order valence-corrected chi connectivity index (χ0v) is 12.7. The molecule has 0 fully saturated rings. The lowest BCUT2D eigenvalue weighted by atomic mass is 10.0. The van der Waals surface area contributed by atoms with Gasteiger partial charge in [-0.2, -0.15) is 0 Å². The van der Waals surface area contributed by atoms with Gasteiger partial charge < -0.3 is 5.32 Å². The second-order valence-corrected chi connectivity index (χ2v) is 5.87. The Morgan fingerprint density at radius 3 is 2.74 bits per heavy atom. The molecular formula is C17H11N3O2S. The molecule has 112 valence electrons.